The third kappa shape index (κ3) is 5.43. The van der Waals surface area contributed by atoms with E-state index in [-0.39, 0.29) is 34.0 Å². The van der Waals surface area contributed by atoms with E-state index in [0.717, 1.165) is 0 Å². The van der Waals surface area contributed by atoms with E-state index in [9.17, 15) is 9.90 Å². The summed E-state index contributed by atoms with van der Waals surface area (Å²) in [6, 6.07) is 9.92. The lowest BCUT2D eigenvalue weighted by atomic mass is 10.0. The molecular weight excluding hydrogens is 476 g/mol. The number of carbonyl (C=O) groups is 1. The lowest BCUT2D eigenvalue weighted by Crippen LogP contribution is -2.17. The number of hydrogen-bond acceptors (Lipinski definition) is 5. The average molecular weight is 493 g/mol. The zero-order valence-electron chi connectivity index (χ0n) is 15.7. The van der Waals surface area contributed by atoms with Crippen molar-refractivity contribution in [3.63, 3.8) is 0 Å². The van der Waals surface area contributed by atoms with Gasteiger partial charge in [0.05, 0.1) is 16.7 Å². The van der Waals surface area contributed by atoms with Crippen LogP contribution in [0.1, 0.15) is 17.5 Å². The summed E-state index contributed by atoms with van der Waals surface area (Å²) < 4.78 is 10.7. The third-order valence-corrected chi connectivity index (χ3v) is 5.90. The number of alkyl halides is 2. The fourth-order valence-corrected chi connectivity index (χ4v) is 3.80. The number of oxime groups is 1. The number of carboxylic acids is 1. The van der Waals surface area contributed by atoms with E-state index in [4.69, 9.17) is 55.9 Å². The van der Waals surface area contributed by atoms with Gasteiger partial charge in [0.25, 0.3) is 0 Å². The highest BCUT2D eigenvalue weighted by Crippen LogP contribution is 2.53. The molecule has 0 bridgehead atoms. The van der Waals surface area contributed by atoms with Gasteiger partial charge in [0, 0.05) is 23.6 Å². The van der Waals surface area contributed by atoms with Crippen LogP contribution in [0, 0.1) is 5.92 Å². The molecule has 2 aromatic rings. The van der Waals surface area contributed by atoms with Crippen molar-refractivity contribution in [2.24, 2.45) is 11.1 Å². The van der Waals surface area contributed by atoms with Crippen LogP contribution < -0.4 is 9.47 Å². The number of hydrogen-bond donors (Lipinski definition) is 1. The molecule has 160 valence electrons. The number of halogens is 4. The molecule has 1 fully saturated rings. The van der Waals surface area contributed by atoms with Gasteiger partial charge in [0.1, 0.15) is 23.8 Å². The van der Waals surface area contributed by atoms with E-state index in [1.54, 1.807) is 36.4 Å². The molecule has 0 spiro atoms. The fourth-order valence-electron chi connectivity index (χ4n) is 2.73. The van der Waals surface area contributed by atoms with E-state index in [1.165, 1.54) is 7.11 Å². The summed E-state index contributed by atoms with van der Waals surface area (Å²) in [7, 11) is 1.27. The normalized spacial score (nSPS) is 17.4. The van der Waals surface area contributed by atoms with Crippen molar-refractivity contribution in [1.82, 2.24) is 0 Å². The molecule has 10 heteroatoms. The van der Waals surface area contributed by atoms with Gasteiger partial charge >= 0.3 is 5.97 Å². The van der Waals surface area contributed by atoms with Crippen molar-refractivity contribution < 1.29 is 24.2 Å². The largest absolute Gasteiger partial charge is 0.493 e. The Kier molecular flexibility index (Phi) is 7.24. The fraction of sp³-hybridized carbons (Fsp3) is 0.300. The summed E-state index contributed by atoms with van der Waals surface area (Å²) in [5.41, 5.74) is 0.680. The smallest absolute Gasteiger partial charge is 0.358 e. The summed E-state index contributed by atoms with van der Waals surface area (Å²) in [6.07, 6.45) is 0.670. The molecule has 1 aliphatic carbocycles. The first-order chi connectivity index (χ1) is 14.2. The molecule has 0 aliphatic heterocycles. The Morgan fingerprint density at radius 2 is 1.83 bits per heavy atom. The maximum atomic E-state index is 11.5. The Morgan fingerprint density at radius 3 is 2.40 bits per heavy atom. The summed E-state index contributed by atoms with van der Waals surface area (Å²) in [5, 5.41) is 13.5. The van der Waals surface area contributed by atoms with E-state index in [0.29, 0.717) is 29.9 Å². The minimum Gasteiger partial charge on any atom is -0.493 e. The second-order valence-corrected chi connectivity index (χ2v) is 8.92. The number of ether oxygens (including phenoxy) is 2. The number of nitrogens with zero attached hydrogens (tertiary/aromatic N) is 1. The predicted molar refractivity (Wildman–Crippen MR) is 116 cm³/mol. The van der Waals surface area contributed by atoms with Crippen LogP contribution in [0.15, 0.2) is 41.6 Å². The Labute approximate surface area is 193 Å². The lowest BCUT2D eigenvalue weighted by Gasteiger charge is -2.14. The number of benzene rings is 2. The Bertz CT molecular complexity index is 956. The molecule has 0 heterocycles. The number of aliphatic carboxylic acids is 1. The summed E-state index contributed by atoms with van der Waals surface area (Å²) in [5.74, 6) is -0.455. The van der Waals surface area contributed by atoms with Gasteiger partial charge in [-0.3, -0.25) is 0 Å². The van der Waals surface area contributed by atoms with Crippen molar-refractivity contribution in [3.05, 3.63) is 57.6 Å². The van der Waals surface area contributed by atoms with Crippen LogP contribution in [0.2, 0.25) is 10.0 Å². The van der Waals surface area contributed by atoms with Gasteiger partial charge in [-0.25, -0.2) is 4.79 Å². The van der Waals surface area contributed by atoms with Crippen LogP contribution in [0.5, 0.6) is 11.5 Å². The quantitative estimate of drug-likeness (QED) is 0.281. The van der Waals surface area contributed by atoms with Gasteiger partial charge in [-0.1, -0.05) is 52.6 Å². The second-order valence-electron chi connectivity index (χ2n) is 6.56. The monoisotopic (exact) mass is 491 g/mol. The van der Waals surface area contributed by atoms with Crippen LogP contribution in [0.4, 0.5) is 0 Å². The summed E-state index contributed by atoms with van der Waals surface area (Å²) >= 11 is 24.6. The molecule has 1 unspecified atom stereocenters. The first-order valence-corrected chi connectivity index (χ1v) is 10.3. The Balaban J connectivity index is 1.73. The molecule has 6 nitrogen and oxygen atoms in total. The van der Waals surface area contributed by atoms with Gasteiger partial charge in [-0.05, 0) is 12.0 Å². The van der Waals surface area contributed by atoms with Gasteiger partial charge in [0.2, 0.25) is 0 Å². The molecule has 1 saturated carbocycles. The zero-order chi connectivity index (χ0) is 21.9. The molecule has 1 N–H and O–H groups in total. The average Bonchev–Trinajstić information content (AvgIpc) is 3.30. The van der Waals surface area contributed by atoms with E-state index in [2.05, 4.69) is 9.99 Å². The molecule has 2 aromatic carbocycles. The van der Waals surface area contributed by atoms with Crippen LogP contribution in [-0.2, 0) is 16.2 Å². The Morgan fingerprint density at radius 1 is 1.20 bits per heavy atom. The highest BCUT2D eigenvalue weighted by molar-refractivity contribution is 6.50. The van der Waals surface area contributed by atoms with Crippen molar-refractivity contribution >= 4 is 58.1 Å². The van der Waals surface area contributed by atoms with E-state index in [1.807, 2.05) is 0 Å². The molecule has 30 heavy (non-hydrogen) atoms. The van der Waals surface area contributed by atoms with Crippen molar-refractivity contribution in [1.29, 1.82) is 0 Å². The molecule has 0 radical (unpaired) electrons. The van der Waals surface area contributed by atoms with E-state index >= 15 is 0 Å². The van der Waals surface area contributed by atoms with Gasteiger partial charge < -0.3 is 19.4 Å². The zero-order valence-corrected chi connectivity index (χ0v) is 18.7. The van der Waals surface area contributed by atoms with E-state index < -0.39 is 10.3 Å². The lowest BCUT2D eigenvalue weighted by molar-refractivity contribution is -0.129. The second kappa shape index (κ2) is 9.52. The number of carboxylic acid groups (broad SMARTS) is 1. The first-order valence-electron chi connectivity index (χ1n) is 8.78. The molecule has 1 aliphatic rings. The van der Waals surface area contributed by atoms with Crippen LogP contribution in [0.3, 0.4) is 0 Å². The first kappa shape index (κ1) is 22.8. The molecule has 0 aromatic heterocycles. The van der Waals surface area contributed by atoms with Crippen LogP contribution in [-0.4, -0.2) is 34.8 Å². The maximum absolute atomic E-state index is 11.5. The standard InChI is InChI=1S/C20H17Cl4NO5/c1-28-25-17(19(26)27)14-5-3-2-4-11(14)9-30-18-15(21)6-13(7-16(18)22)29-10-12-8-20(12,23)24/h2-7,12H,8-10H2,1H3,(H,26,27). The molecule has 0 saturated heterocycles. The third-order valence-electron chi connectivity index (χ3n) is 4.41. The van der Waals surface area contributed by atoms with Gasteiger partial charge in [-0.2, -0.15) is 0 Å². The molecular formula is C20H17Cl4NO5. The molecule has 0 amide bonds. The Hall–Kier alpha value is -1.86. The highest BCUT2D eigenvalue weighted by atomic mass is 35.5. The van der Waals surface area contributed by atoms with Crippen molar-refractivity contribution in [3.8, 4) is 11.5 Å². The molecule has 3 rings (SSSR count). The van der Waals surface area contributed by atoms with Crippen LogP contribution in [0.25, 0.3) is 0 Å². The summed E-state index contributed by atoms with van der Waals surface area (Å²) in [4.78, 5) is 16.1. The minimum atomic E-state index is -1.23. The maximum Gasteiger partial charge on any atom is 0.358 e. The minimum absolute atomic E-state index is 0.00885. The highest BCUT2D eigenvalue weighted by Gasteiger charge is 2.52. The molecule has 1 atom stereocenters. The van der Waals surface area contributed by atoms with Gasteiger partial charge in [-0.15, -0.1) is 23.2 Å². The van der Waals surface area contributed by atoms with Crippen LogP contribution >= 0.6 is 46.4 Å². The SMILES string of the molecule is CON=C(C(=O)O)c1ccccc1COc1c(Cl)cc(OCC2CC2(Cl)Cl)cc1Cl. The van der Waals surface area contributed by atoms with Crippen molar-refractivity contribution in [2.45, 2.75) is 17.4 Å². The topological polar surface area (TPSA) is 77.4 Å². The number of rotatable bonds is 9. The predicted octanol–water partition coefficient (Wildman–Crippen LogP) is 5.58. The van der Waals surface area contributed by atoms with Crippen molar-refractivity contribution in [2.75, 3.05) is 13.7 Å². The van der Waals surface area contributed by atoms with Gasteiger partial charge in [0.15, 0.2) is 11.5 Å². The summed E-state index contributed by atoms with van der Waals surface area (Å²) in [6.45, 7) is 0.360.